The highest BCUT2D eigenvalue weighted by Gasteiger charge is 2.32. The van der Waals surface area contributed by atoms with Crippen LogP contribution < -0.4 is 16.4 Å². The number of aromatic nitrogens is 1. The lowest BCUT2D eigenvalue weighted by Crippen LogP contribution is -2.31. The van der Waals surface area contributed by atoms with E-state index in [4.69, 9.17) is 15.2 Å². The van der Waals surface area contributed by atoms with Crippen molar-refractivity contribution in [3.63, 3.8) is 0 Å². The molecular weight excluding hydrogens is 729 g/mol. The van der Waals surface area contributed by atoms with Gasteiger partial charge in [0, 0.05) is 43.3 Å². The summed E-state index contributed by atoms with van der Waals surface area (Å²) >= 11 is 1.35. The predicted octanol–water partition coefficient (Wildman–Crippen LogP) is 8.06. The molecule has 3 atom stereocenters. The molecule has 2 amide bonds. The largest absolute Gasteiger partial charge is 0.478 e. The maximum atomic E-state index is 12.6. The predicted molar refractivity (Wildman–Crippen MR) is 217 cm³/mol. The van der Waals surface area contributed by atoms with Gasteiger partial charge >= 0.3 is 5.97 Å². The summed E-state index contributed by atoms with van der Waals surface area (Å²) in [6.07, 6.45) is 3.84. The zero-order chi connectivity index (χ0) is 39.3. The molecule has 11 nitrogen and oxygen atoms in total. The van der Waals surface area contributed by atoms with Crippen LogP contribution in [0.5, 0.6) is 0 Å². The lowest BCUT2D eigenvalue weighted by molar-refractivity contribution is -0.245. The van der Waals surface area contributed by atoms with Crippen LogP contribution in [0, 0.1) is 0 Å². The summed E-state index contributed by atoms with van der Waals surface area (Å²) < 4.78 is 13.0. The quantitative estimate of drug-likeness (QED) is 0.0353. The summed E-state index contributed by atoms with van der Waals surface area (Å²) in [4.78, 5) is 40.9. The third kappa shape index (κ3) is 11.3. The van der Waals surface area contributed by atoms with E-state index in [2.05, 4.69) is 21.7 Å². The Kier molecular flexibility index (Phi) is 14.2. The van der Waals surface area contributed by atoms with Gasteiger partial charge in [-0.2, -0.15) is 0 Å². The van der Waals surface area contributed by atoms with E-state index in [0.717, 1.165) is 39.8 Å². The number of nitrogens with one attached hydrogen (secondary N) is 2. The Balaban J connectivity index is 1.02. The number of nitrogen functional groups attached to an aromatic ring is 1. The van der Waals surface area contributed by atoms with Gasteiger partial charge in [0.05, 0.1) is 35.8 Å². The number of carboxylic acids is 1. The number of carbonyl (C=O) groups is 3. The number of aromatic carboxylic acids is 1. The molecule has 1 aliphatic heterocycles. The normalized spacial score (nSPS) is 16.6. The van der Waals surface area contributed by atoms with Gasteiger partial charge in [0.25, 0.3) is 0 Å². The van der Waals surface area contributed by atoms with E-state index in [1.807, 2.05) is 78.9 Å². The Labute approximate surface area is 330 Å². The fourth-order valence-corrected chi connectivity index (χ4v) is 7.42. The summed E-state index contributed by atoms with van der Waals surface area (Å²) in [5, 5.41) is 25.5. The number of thioether (sulfide) groups is 1. The number of rotatable bonds is 17. The van der Waals surface area contributed by atoms with Crippen LogP contribution in [-0.2, 0) is 32.2 Å². The van der Waals surface area contributed by atoms with Crippen LogP contribution in [0.4, 0.5) is 11.4 Å². The first-order chi connectivity index (χ1) is 27.2. The summed E-state index contributed by atoms with van der Waals surface area (Å²) in [7, 11) is 0. The van der Waals surface area contributed by atoms with Crippen LogP contribution in [0.3, 0.4) is 0 Å². The Morgan fingerprint density at radius 3 is 2.29 bits per heavy atom. The van der Waals surface area contributed by atoms with Crippen molar-refractivity contribution in [2.75, 3.05) is 16.8 Å². The molecule has 6 N–H and O–H groups in total. The third-order valence-electron chi connectivity index (χ3n) is 9.50. The number of hydrogen-bond donors (Lipinski definition) is 5. The fourth-order valence-electron chi connectivity index (χ4n) is 6.42. The third-order valence-corrected chi connectivity index (χ3v) is 10.6. The fraction of sp³-hybridized carbons (Fsp3) is 0.273. The average molecular weight is 775 g/mol. The first-order valence-electron chi connectivity index (χ1n) is 18.7. The monoisotopic (exact) mass is 774 g/mol. The highest BCUT2D eigenvalue weighted by molar-refractivity contribution is 7.99. The number of nitrogens with zero attached hydrogens (tertiary/aromatic N) is 1. The molecule has 290 valence electrons. The Morgan fingerprint density at radius 2 is 1.54 bits per heavy atom. The second-order valence-corrected chi connectivity index (χ2v) is 14.6. The number of anilines is 2. The molecule has 0 unspecified atom stereocenters. The van der Waals surface area contributed by atoms with Gasteiger partial charge in [-0.3, -0.25) is 9.59 Å². The second-order valence-electron chi connectivity index (χ2n) is 13.6. The zero-order valence-corrected chi connectivity index (χ0v) is 31.8. The number of para-hydroxylation sites is 2. The maximum absolute atomic E-state index is 12.6. The molecule has 1 aromatic heterocycles. The second kappa shape index (κ2) is 19.9. The highest BCUT2D eigenvalue weighted by atomic mass is 32.2. The molecule has 4 aromatic carbocycles. The van der Waals surface area contributed by atoms with Gasteiger partial charge in [0.1, 0.15) is 5.03 Å². The Hall–Kier alpha value is -5.53. The van der Waals surface area contributed by atoms with Crippen molar-refractivity contribution in [2.45, 2.75) is 75.2 Å². The molecule has 0 bridgehead atoms. The first kappa shape index (κ1) is 40.1. The van der Waals surface area contributed by atoms with Crippen molar-refractivity contribution in [1.82, 2.24) is 10.3 Å². The number of carboxylic acid groups (broad SMARTS) is 1. The lowest BCUT2D eigenvalue weighted by atomic mass is 9.99. The van der Waals surface area contributed by atoms with Crippen molar-refractivity contribution in [3.8, 4) is 11.1 Å². The molecule has 56 heavy (non-hydrogen) atoms. The summed E-state index contributed by atoms with van der Waals surface area (Å²) in [6.45, 7) is 0.357. The summed E-state index contributed by atoms with van der Waals surface area (Å²) in [6, 6.07) is 34.0. The Bertz CT molecular complexity index is 2090. The minimum atomic E-state index is -1.03. The van der Waals surface area contributed by atoms with Crippen molar-refractivity contribution in [3.05, 3.63) is 143 Å². The lowest BCUT2D eigenvalue weighted by Gasteiger charge is -2.36. The van der Waals surface area contributed by atoms with Crippen LogP contribution in [-0.4, -0.2) is 44.8 Å². The number of unbranched alkanes of at least 4 members (excludes halogenated alkanes) is 2. The van der Waals surface area contributed by atoms with Gasteiger partial charge in [-0.1, -0.05) is 85.3 Å². The molecule has 2 heterocycles. The van der Waals surface area contributed by atoms with Gasteiger partial charge in [0.2, 0.25) is 11.8 Å². The number of amides is 2. The van der Waals surface area contributed by atoms with Crippen molar-refractivity contribution in [1.29, 1.82) is 0 Å². The molecule has 12 heteroatoms. The van der Waals surface area contributed by atoms with Gasteiger partial charge in [0.15, 0.2) is 6.29 Å². The zero-order valence-electron chi connectivity index (χ0n) is 30.9. The number of aliphatic hydroxyl groups is 1. The molecule has 6 rings (SSSR count). The van der Waals surface area contributed by atoms with E-state index in [1.54, 1.807) is 30.5 Å². The molecular formula is C44H46N4O7S. The number of aliphatic hydroxyl groups excluding tert-OH is 1. The number of pyridine rings is 1. The van der Waals surface area contributed by atoms with Crippen LogP contribution in [0.1, 0.15) is 83.5 Å². The van der Waals surface area contributed by atoms with Crippen LogP contribution in [0.15, 0.2) is 120 Å². The van der Waals surface area contributed by atoms with E-state index in [-0.39, 0.29) is 36.2 Å². The van der Waals surface area contributed by atoms with Gasteiger partial charge in [-0.15, -0.1) is 11.8 Å². The molecule has 0 aliphatic carbocycles. The standard InChI is InChI=1S/C44H46N4O7S/c45-37-11-4-5-12-38(37)48-41(51)14-3-1-2-13-40(50)47-26-30-8-6-9-34(24-30)31-19-21-33(22-20-31)44-54-35(28-56-42-36(43(52)53)10-7-23-46-42)25-39(55-44)32-17-15-29(27-49)16-18-32/h4-12,15-24,35,39,44,49H,1-3,13-14,25-28,45H2,(H,47,50)(H,48,51)(H,52,53)/t35-,39+,44+/m1/s1. The van der Waals surface area contributed by atoms with E-state index < -0.39 is 12.3 Å². The van der Waals surface area contributed by atoms with Crippen molar-refractivity contribution < 1.29 is 34.1 Å². The number of ether oxygens (including phenoxy) is 2. The number of benzene rings is 4. The van der Waals surface area contributed by atoms with Gasteiger partial charge < -0.3 is 36.1 Å². The molecule has 0 saturated carbocycles. The highest BCUT2D eigenvalue weighted by Crippen LogP contribution is 2.40. The molecule has 5 aromatic rings. The number of carbonyl (C=O) groups excluding carboxylic acids is 2. The maximum Gasteiger partial charge on any atom is 0.338 e. The number of hydrogen-bond acceptors (Lipinski definition) is 9. The topological polar surface area (TPSA) is 173 Å². The van der Waals surface area contributed by atoms with Crippen molar-refractivity contribution >= 4 is 40.9 Å². The van der Waals surface area contributed by atoms with Crippen LogP contribution in [0.2, 0.25) is 0 Å². The smallest absolute Gasteiger partial charge is 0.338 e. The molecule has 0 radical (unpaired) electrons. The first-order valence-corrected chi connectivity index (χ1v) is 19.7. The minimum Gasteiger partial charge on any atom is -0.478 e. The van der Waals surface area contributed by atoms with Crippen molar-refractivity contribution in [2.24, 2.45) is 0 Å². The van der Waals surface area contributed by atoms with E-state index >= 15 is 0 Å². The minimum absolute atomic E-state index is 0.0320. The number of nitrogens with two attached hydrogens (primary N) is 1. The Morgan fingerprint density at radius 1 is 0.786 bits per heavy atom. The van der Waals surface area contributed by atoms with Crippen LogP contribution in [0.25, 0.3) is 11.1 Å². The SMILES string of the molecule is Nc1ccccc1NC(=O)CCCCCC(=O)NCc1cccc(-c2ccc([C@H]3O[C@@H](CSc4ncccc4C(=O)O)C[C@@H](c4ccc(CO)cc4)O3)cc2)c1. The summed E-state index contributed by atoms with van der Waals surface area (Å²) in [5.41, 5.74) is 12.8. The molecule has 0 spiro atoms. The molecule has 1 aliphatic rings. The van der Waals surface area contributed by atoms with Gasteiger partial charge in [-0.05, 0) is 71.0 Å². The van der Waals surface area contributed by atoms with Gasteiger partial charge in [-0.25, -0.2) is 9.78 Å². The molecule has 1 fully saturated rings. The van der Waals surface area contributed by atoms with E-state index in [1.165, 1.54) is 11.8 Å². The van der Waals surface area contributed by atoms with Crippen LogP contribution >= 0.6 is 11.8 Å². The van der Waals surface area contributed by atoms with E-state index in [0.29, 0.717) is 60.8 Å². The molecule has 1 saturated heterocycles. The summed E-state index contributed by atoms with van der Waals surface area (Å²) in [5.74, 6) is -0.669. The van der Waals surface area contributed by atoms with E-state index in [9.17, 15) is 24.6 Å². The average Bonchev–Trinajstić information content (AvgIpc) is 3.23.